The van der Waals surface area contributed by atoms with Crippen molar-refractivity contribution in [1.29, 1.82) is 0 Å². The van der Waals surface area contributed by atoms with E-state index in [9.17, 15) is 8.42 Å². The van der Waals surface area contributed by atoms with Gasteiger partial charge < -0.3 is 10.6 Å². The maximum absolute atomic E-state index is 11.7. The van der Waals surface area contributed by atoms with E-state index in [1.54, 1.807) is 13.1 Å². The zero-order valence-corrected chi connectivity index (χ0v) is 17.7. The molecule has 0 spiro atoms. The zero-order chi connectivity index (χ0) is 19.6. The second kappa shape index (κ2) is 11.2. The molecule has 0 radical (unpaired) electrons. The van der Waals surface area contributed by atoms with Crippen LogP contribution in [0.5, 0.6) is 0 Å². The number of aliphatic imine (C=N–C) groups is 1. The molecule has 0 aromatic heterocycles. The van der Waals surface area contributed by atoms with E-state index in [2.05, 4.69) is 29.5 Å². The molecule has 0 heterocycles. The average Bonchev–Trinajstić information content (AvgIpc) is 2.55. The van der Waals surface area contributed by atoms with E-state index in [4.69, 9.17) is 0 Å². The van der Waals surface area contributed by atoms with E-state index in [0.717, 1.165) is 36.0 Å². The number of aryl methyl sites for hydroxylation is 1. The van der Waals surface area contributed by atoms with Gasteiger partial charge in [-0.1, -0.05) is 51.7 Å². The van der Waals surface area contributed by atoms with Gasteiger partial charge in [-0.05, 0) is 36.5 Å². The zero-order valence-electron chi connectivity index (χ0n) is 16.9. The van der Waals surface area contributed by atoms with Gasteiger partial charge in [0.15, 0.2) is 15.8 Å². The van der Waals surface area contributed by atoms with E-state index < -0.39 is 9.84 Å². The highest BCUT2D eigenvalue weighted by molar-refractivity contribution is 7.90. The van der Waals surface area contributed by atoms with Crippen LogP contribution in [0.3, 0.4) is 0 Å². The van der Waals surface area contributed by atoms with E-state index in [0.29, 0.717) is 11.4 Å². The van der Waals surface area contributed by atoms with Gasteiger partial charge in [-0.25, -0.2) is 8.42 Å². The third-order valence-electron chi connectivity index (χ3n) is 4.32. The molecular formula is C20H35N3O2S. The lowest BCUT2D eigenvalue weighted by Gasteiger charge is -2.13. The van der Waals surface area contributed by atoms with Crippen LogP contribution in [-0.4, -0.2) is 34.2 Å². The lowest BCUT2D eigenvalue weighted by Crippen LogP contribution is -2.37. The SMILES string of the molecule is CN=C(NCCCCCCC(C)C)NCc1ccc(S(C)(=O)=O)c(C)c1. The highest BCUT2D eigenvalue weighted by Crippen LogP contribution is 2.16. The number of nitrogens with zero attached hydrogens (tertiary/aromatic N) is 1. The second-order valence-electron chi connectivity index (χ2n) is 7.32. The van der Waals surface area contributed by atoms with Crippen LogP contribution < -0.4 is 10.6 Å². The van der Waals surface area contributed by atoms with Crippen LogP contribution in [0.25, 0.3) is 0 Å². The van der Waals surface area contributed by atoms with Crippen LogP contribution in [0.2, 0.25) is 0 Å². The van der Waals surface area contributed by atoms with Gasteiger partial charge in [0.25, 0.3) is 0 Å². The van der Waals surface area contributed by atoms with E-state index in [-0.39, 0.29) is 0 Å². The highest BCUT2D eigenvalue weighted by atomic mass is 32.2. The summed E-state index contributed by atoms with van der Waals surface area (Å²) in [6, 6.07) is 5.43. The minimum atomic E-state index is -3.17. The van der Waals surface area contributed by atoms with Crippen molar-refractivity contribution in [3.8, 4) is 0 Å². The Labute approximate surface area is 159 Å². The minimum Gasteiger partial charge on any atom is -0.356 e. The Bertz CT molecular complexity index is 682. The molecule has 1 aromatic rings. The summed E-state index contributed by atoms with van der Waals surface area (Å²) in [5.74, 6) is 1.57. The summed E-state index contributed by atoms with van der Waals surface area (Å²) in [5.41, 5.74) is 1.81. The van der Waals surface area contributed by atoms with Gasteiger partial charge in [-0.3, -0.25) is 4.99 Å². The topological polar surface area (TPSA) is 70.6 Å². The van der Waals surface area contributed by atoms with Crippen molar-refractivity contribution in [3.05, 3.63) is 29.3 Å². The first-order chi connectivity index (χ1) is 12.2. The molecule has 2 N–H and O–H groups in total. The van der Waals surface area contributed by atoms with Crippen molar-refractivity contribution >= 4 is 15.8 Å². The highest BCUT2D eigenvalue weighted by Gasteiger charge is 2.10. The summed E-state index contributed by atoms with van der Waals surface area (Å²) in [6.45, 7) is 7.89. The molecule has 0 saturated carbocycles. The van der Waals surface area contributed by atoms with Gasteiger partial charge in [0.05, 0.1) is 4.90 Å². The molecule has 148 valence electrons. The molecule has 6 heteroatoms. The van der Waals surface area contributed by atoms with Crippen molar-refractivity contribution in [2.24, 2.45) is 10.9 Å². The largest absolute Gasteiger partial charge is 0.356 e. The summed E-state index contributed by atoms with van der Waals surface area (Å²) >= 11 is 0. The fourth-order valence-corrected chi connectivity index (χ4v) is 3.84. The first-order valence-electron chi connectivity index (χ1n) is 9.48. The monoisotopic (exact) mass is 381 g/mol. The molecule has 0 aliphatic carbocycles. The molecule has 1 aromatic carbocycles. The predicted molar refractivity (Wildman–Crippen MR) is 110 cm³/mol. The molecule has 0 unspecified atom stereocenters. The van der Waals surface area contributed by atoms with Crippen LogP contribution in [-0.2, 0) is 16.4 Å². The number of rotatable bonds is 10. The van der Waals surface area contributed by atoms with Gasteiger partial charge >= 0.3 is 0 Å². The van der Waals surface area contributed by atoms with Gasteiger partial charge in [0, 0.05) is 26.4 Å². The molecule has 0 aliphatic rings. The summed E-state index contributed by atoms with van der Waals surface area (Å²) in [4.78, 5) is 4.63. The van der Waals surface area contributed by atoms with Crippen molar-refractivity contribution in [1.82, 2.24) is 10.6 Å². The Hall–Kier alpha value is -1.56. The maximum atomic E-state index is 11.7. The third kappa shape index (κ3) is 8.70. The number of guanidine groups is 1. The Morgan fingerprint density at radius 2 is 1.81 bits per heavy atom. The van der Waals surface area contributed by atoms with Gasteiger partial charge in [-0.15, -0.1) is 0 Å². The molecule has 0 atom stereocenters. The molecule has 0 aliphatic heterocycles. The van der Waals surface area contributed by atoms with Crippen LogP contribution in [0.15, 0.2) is 28.1 Å². The second-order valence-corrected chi connectivity index (χ2v) is 9.31. The van der Waals surface area contributed by atoms with Crippen LogP contribution >= 0.6 is 0 Å². The maximum Gasteiger partial charge on any atom is 0.191 e. The molecule has 0 saturated heterocycles. The number of hydrogen-bond acceptors (Lipinski definition) is 3. The van der Waals surface area contributed by atoms with Crippen molar-refractivity contribution in [2.45, 2.75) is 64.3 Å². The Morgan fingerprint density at radius 3 is 2.38 bits per heavy atom. The lowest BCUT2D eigenvalue weighted by molar-refractivity contribution is 0.518. The molecule has 1 rings (SSSR count). The molecule has 0 amide bonds. The van der Waals surface area contributed by atoms with E-state index in [1.807, 2.05) is 19.1 Å². The quantitative estimate of drug-likeness (QED) is 0.368. The molecule has 0 fully saturated rings. The molecular weight excluding hydrogens is 346 g/mol. The number of nitrogens with one attached hydrogen (secondary N) is 2. The lowest BCUT2D eigenvalue weighted by atomic mass is 10.0. The fraction of sp³-hybridized carbons (Fsp3) is 0.650. The Kier molecular flexibility index (Phi) is 9.70. The third-order valence-corrected chi connectivity index (χ3v) is 5.58. The fourth-order valence-electron chi connectivity index (χ4n) is 2.88. The standard InChI is InChI=1S/C20H35N3O2S/c1-16(2)10-8-6-7-9-13-22-20(21-4)23-15-18-11-12-19(17(3)14-18)26(5,24)25/h11-12,14,16H,6-10,13,15H2,1-5H3,(H2,21,22,23). The van der Waals surface area contributed by atoms with Gasteiger partial charge in [0.2, 0.25) is 0 Å². The Morgan fingerprint density at radius 1 is 1.12 bits per heavy atom. The van der Waals surface area contributed by atoms with Crippen LogP contribution in [0.1, 0.15) is 57.1 Å². The van der Waals surface area contributed by atoms with Crippen molar-refractivity contribution in [3.63, 3.8) is 0 Å². The number of unbranched alkanes of at least 4 members (excludes halogenated alkanes) is 3. The molecule has 26 heavy (non-hydrogen) atoms. The minimum absolute atomic E-state index is 0.390. The summed E-state index contributed by atoms with van der Waals surface area (Å²) in [7, 11) is -1.41. The number of hydrogen-bond donors (Lipinski definition) is 2. The van der Waals surface area contributed by atoms with Crippen LogP contribution in [0, 0.1) is 12.8 Å². The van der Waals surface area contributed by atoms with Gasteiger partial charge in [-0.2, -0.15) is 0 Å². The first kappa shape index (κ1) is 22.5. The first-order valence-corrected chi connectivity index (χ1v) is 11.4. The molecule has 5 nitrogen and oxygen atoms in total. The summed E-state index contributed by atoms with van der Waals surface area (Å²) in [5, 5.41) is 6.61. The molecule has 0 bridgehead atoms. The Balaban J connectivity index is 2.35. The van der Waals surface area contributed by atoms with Crippen molar-refractivity contribution in [2.75, 3.05) is 19.8 Å². The number of sulfone groups is 1. The summed E-state index contributed by atoms with van der Waals surface area (Å²) in [6.07, 6.45) is 7.53. The smallest absolute Gasteiger partial charge is 0.191 e. The number of benzene rings is 1. The predicted octanol–water partition coefficient (Wildman–Crippen LogP) is 3.67. The average molecular weight is 382 g/mol. The summed E-state index contributed by atoms with van der Waals surface area (Å²) < 4.78 is 23.4. The van der Waals surface area contributed by atoms with E-state index in [1.165, 1.54) is 31.9 Å². The van der Waals surface area contributed by atoms with Crippen molar-refractivity contribution < 1.29 is 8.42 Å². The van der Waals surface area contributed by atoms with E-state index >= 15 is 0 Å². The van der Waals surface area contributed by atoms with Crippen LogP contribution in [0.4, 0.5) is 0 Å². The normalized spacial score (nSPS) is 12.5. The van der Waals surface area contributed by atoms with Gasteiger partial charge in [0.1, 0.15) is 0 Å².